The van der Waals surface area contributed by atoms with Crippen molar-refractivity contribution < 1.29 is 39.2 Å². The third kappa shape index (κ3) is 3.65. The van der Waals surface area contributed by atoms with Crippen molar-refractivity contribution >= 4 is 23.9 Å². The van der Waals surface area contributed by atoms with Gasteiger partial charge in [-0.3, -0.25) is 4.79 Å². The van der Waals surface area contributed by atoms with Gasteiger partial charge >= 0.3 is 23.9 Å². The highest BCUT2D eigenvalue weighted by Crippen LogP contribution is 2.42. The fourth-order valence-corrected chi connectivity index (χ4v) is 2.40. The summed E-state index contributed by atoms with van der Waals surface area (Å²) in [6, 6.07) is 0. The minimum Gasteiger partial charge on any atom is -0.481 e. The first-order valence-corrected chi connectivity index (χ1v) is 6.57. The van der Waals surface area contributed by atoms with E-state index in [0.717, 1.165) is 18.2 Å². The summed E-state index contributed by atoms with van der Waals surface area (Å²) >= 11 is 0. The number of ether oxygens (including phenoxy) is 1. The highest BCUT2D eigenvalue weighted by molar-refractivity contribution is 6.03. The van der Waals surface area contributed by atoms with E-state index < -0.39 is 46.4 Å². The summed E-state index contributed by atoms with van der Waals surface area (Å²) in [5.74, 6) is -6.23. The maximum absolute atomic E-state index is 11.5. The molecule has 0 aromatic carbocycles. The van der Waals surface area contributed by atoms with Crippen LogP contribution >= 0.6 is 0 Å². The average Bonchev–Trinajstić information content (AvgIpc) is 2.47. The van der Waals surface area contributed by atoms with Gasteiger partial charge in [0.1, 0.15) is 0 Å². The second-order valence-electron chi connectivity index (χ2n) is 5.07. The van der Waals surface area contributed by atoms with Crippen LogP contribution in [0.25, 0.3) is 0 Å². The summed E-state index contributed by atoms with van der Waals surface area (Å²) in [5, 5.41) is 27.9. The van der Waals surface area contributed by atoms with E-state index in [1.807, 2.05) is 0 Å². The van der Waals surface area contributed by atoms with Crippen molar-refractivity contribution in [3.63, 3.8) is 0 Å². The zero-order valence-corrected chi connectivity index (χ0v) is 12.3. The van der Waals surface area contributed by atoms with E-state index in [4.69, 9.17) is 9.84 Å². The van der Waals surface area contributed by atoms with Gasteiger partial charge in [0, 0.05) is 12.0 Å². The van der Waals surface area contributed by atoms with E-state index >= 15 is 0 Å². The molecule has 124 valence electrons. The summed E-state index contributed by atoms with van der Waals surface area (Å²) in [7, 11) is 0. The molecule has 0 heterocycles. The molecule has 3 N–H and O–H groups in total. The summed E-state index contributed by atoms with van der Waals surface area (Å²) in [5.41, 5.74) is -2.65. The number of carboxylic acid groups (broad SMARTS) is 3. The van der Waals surface area contributed by atoms with Gasteiger partial charge in [-0.05, 0) is 19.4 Å². The molecule has 0 saturated carbocycles. The minimum atomic E-state index is -1.63. The first-order valence-electron chi connectivity index (χ1n) is 6.57. The van der Waals surface area contributed by atoms with Crippen LogP contribution in [-0.2, 0) is 23.9 Å². The lowest BCUT2D eigenvalue weighted by Crippen LogP contribution is -2.40. The Morgan fingerprint density at radius 2 is 1.87 bits per heavy atom. The lowest BCUT2D eigenvalue weighted by molar-refractivity contribution is -0.149. The molecule has 0 aliphatic heterocycles. The number of aliphatic carboxylic acids is 3. The SMILES string of the molecule is C=CC(=O)OCCC1C(C(=O)O)=C(C(=O)O)C=CC1(C)C(=O)O. The van der Waals surface area contributed by atoms with Gasteiger partial charge in [-0.1, -0.05) is 12.7 Å². The Morgan fingerprint density at radius 3 is 2.30 bits per heavy atom. The van der Waals surface area contributed by atoms with Crippen molar-refractivity contribution in [1.29, 1.82) is 0 Å². The highest BCUT2D eigenvalue weighted by Gasteiger charge is 2.47. The lowest BCUT2D eigenvalue weighted by Gasteiger charge is -2.35. The van der Waals surface area contributed by atoms with Gasteiger partial charge in [0.15, 0.2) is 0 Å². The topological polar surface area (TPSA) is 138 Å². The van der Waals surface area contributed by atoms with E-state index in [1.54, 1.807) is 0 Å². The molecule has 0 fully saturated rings. The van der Waals surface area contributed by atoms with Gasteiger partial charge < -0.3 is 20.1 Å². The predicted octanol–water partition coefficient (Wildman–Crippen LogP) is 0.848. The summed E-state index contributed by atoms with van der Waals surface area (Å²) < 4.78 is 4.75. The summed E-state index contributed by atoms with van der Waals surface area (Å²) in [6.45, 7) is 4.22. The Balaban J connectivity index is 3.26. The third-order valence-electron chi connectivity index (χ3n) is 3.70. The lowest BCUT2D eigenvalue weighted by atomic mass is 9.67. The monoisotopic (exact) mass is 324 g/mol. The van der Waals surface area contributed by atoms with E-state index in [9.17, 15) is 29.4 Å². The zero-order valence-electron chi connectivity index (χ0n) is 12.3. The second-order valence-corrected chi connectivity index (χ2v) is 5.07. The maximum atomic E-state index is 11.5. The zero-order chi connectivity index (χ0) is 17.8. The molecule has 1 aliphatic carbocycles. The molecule has 0 bridgehead atoms. The fourth-order valence-electron chi connectivity index (χ4n) is 2.40. The van der Waals surface area contributed by atoms with Crippen LogP contribution in [0, 0.1) is 11.3 Å². The number of carboxylic acids is 3. The maximum Gasteiger partial charge on any atom is 0.336 e. The van der Waals surface area contributed by atoms with Gasteiger partial charge in [-0.2, -0.15) is 0 Å². The number of carbonyl (C=O) groups is 4. The van der Waals surface area contributed by atoms with Gasteiger partial charge in [0.05, 0.1) is 23.2 Å². The molecule has 8 heteroatoms. The van der Waals surface area contributed by atoms with Crippen LogP contribution in [0.5, 0.6) is 0 Å². The van der Waals surface area contributed by atoms with Crippen molar-refractivity contribution in [1.82, 2.24) is 0 Å². The van der Waals surface area contributed by atoms with Gasteiger partial charge in [-0.15, -0.1) is 0 Å². The van der Waals surface area contributed by atoms with Gasteiger partial charge in [0.2, 0.25) is 0 Å². The van der Waals surface area contributed by atoms with Crippen LogP contribution in [0.2, 0.25) is 0 Å². The molecule has 0 spiro atoms. The number of esters is 1. The summed E-state index contributed by atoms with van der Waals surface area (Å²) in [6.07, 6.45) is 2.87. The molecule has 0 radical (unpaired) electrons. The van der Waals surface area contributed by atoms with Crippen LogP contribution in [0.15, 0.2) is 36.0 Å². The second kappa shape index (κ2) is 6.91. The quantitative estimate of drug-likeness (QED) is 0.463. The van der Waals surface area contributed by atoms with E-state index in [0.29, 0.717) is 0 Å². The van der Waals surface area contributed by atoms with Crippen LogP contribution in [0.1, 0.15) is 13.3 Å². The first kappa shape index (κ1) is 18.1. The fraction of sp³-hybridized carbons (Fsp3) is 0.333. The molecule has 23 heavy (non-hydrogen) atoms. The Morgan fingerprint density at radius 1 is 1.26 bits per heavy atom. The Kier molecular flexibility index (Phi) is 5.45. The number of hydrogen-bond donors (Lipinski definition) is 3. The number of rotatable bonds is 7. The average molecular weight is 324 g/mol. The molecule has 0 saturated heterocycles. The molecule has 1 rings (SSSR count). The standard InChI is InChI=1S/C15H16O8/c1-3-10(16)23-7-5-9-11(13(19)20)8(12(17)18)4-6-15(9,2)14(21)22/h3-4,6,9H,1,5,7H2,2H3,(H,17,18)(H,19,20)(H,21,22). The van der Waals surface area contributed by atoms with Crippen molar-refractivity contribution in [3.8, 4) is 0 Å². The van der Waals surface area contributed by atoms with E-state index in [1.165, 1.54) is 6.92 Å². The van der Waals surface area contributed by atoms with Crippen molar-refractivity contribution in [3.05, 3.63) is 36.0 Å². The number of carbonyl (C=O) groups excluding carboxylic acids is 1. The molecule has 2 unspecified atom stereocenters. The predicted molar refractivity (Wildman–Crippen MR) is 76.4 cm³/mol. The van der Waals surface area contributed by atoms with Gasteiger partial charge in [0.25, 0.3) is 0 Å². The number of hydrogen-bond acceptors (Lipinski definition) is 5. The Labute approximate surface area is 131 Å². The summed E-state index contributed by atoms with van der Waals surface area (Å²) in [4.78, 5) is 45.3. The van der Waals surface area contributed by atoms with Crippen molar-refractivity contribution in [2.24, 2.45) is 11.3 Å². The molecule has 8 nitrogen and oxygen atoms in total. The molecule has 2 atom stereocenters. The van der Waals surface area contributed by atoms with E-state index in [-0.39, 0.29) is 13.0 Å². The molecule has 0 amide bonds. The van der Waals surface area contributed by atoms with Crippen LogP contribution in [-0.4, -0.2) is 45.8 Å². The molecule has 0 aromatic rings. The third-order valence-corrected chi connectivity index (χ3v) is 3.70. The highest BCUT2D eigenvalue weighted by atomic mass is 16.5. The molecule has 0 aromatic heterocycles. The molecular weight excluding hydrogens is 308 g/mol. The smallest absolute Gasteiger partial charge is 0.336 e. The van der Waals surface area contributed by atoms with Crippen LogP contribution < -0.4 is 0 Å². The molecular formula is C15H16O8. The van der Waals surface area contributed by atoms with Crippen LogP contribution in [0.4, 0.5) is 0 Å². The normalized spacial score (nSPS) is 23.3. The Hall–Kier alpha value is -2.90. The largest absolute Gasteiger partial charge is 0.481 e. The van der Waals surface area contributed by atoms with Crippen LogP contribution in [0.3, 0.4) is 0 Å². The van der Waals surface area contributed by atoms with Gasteiger partial charge in [-0.25, -0.2) is 14.4 Å². The first-order chi connectivity index (χ1) is 10.6. The van der Waals surface area contributed by atoms with Crippen molar-refractivity contribution in [2.45, 2.75) is 13.3 Å². The molecule has 1 aliphatic rings. The minimum absolute atomic E-state index is 0.162. The van der Waals surface area contributed by atoms with Crippen molar-refractivity contribution in [2.75, 3.05) is 6.61 Å². The Bertz CT molecular complexity index is 627. The van der Waals surface area contributed by atoms with E-state index in [2.05, 4.69) is 6.58 Å².